The highest BCUT2D eigenvalue weighted by Crippen LogP contribution is 2.43. The molecule has 4 rings (SSSR count). The molecule has 1 heterocycles. The van der Waals surface area contributed by atoms with E-state index < -0.39 is 17.9 Å². The van der Waals surface area contributed by atoms with E-state index in [2.05, 4.69) is 0 Å². The van der Waals surface area contributed by atoms with Crippen molar-refractivity contribution in [2.24, 2.45) is 0 Å². The maximum absolute atomic E-state index is 12.6. The number of carbonyl (C=O) groups is 2. The molecule has 2 aromatic carbocycles. The molecule has 24 heavy (non-hydrogen) atoms. The predicted molar refractivity (Wildman–Crippen MR) is 88.4 cm³/mol. The molecule has 4 nitrogen and oxygen atoms in total. The normalized spacial score (nSPS) is 22.7. The standard InChI is InChI=1S/C20H16O4/c1-23-20-15(12-7-3-2-4-8-12)11-16-18(22)17(21)13-9-5-6-10-14(13)19(16)24-20/h2-10,15,20H,11H2,1H3/t15-,20-/m0/s1. The van der Waals surface area contributed by atoms with Gasteiger partial charge in [-0.2, -0.15) is 0 Å². The molecule has 0 bridgehead atoms. The van der Waals surface area contributed by atoms with Crippen LogP contribution >= 0.6 is 0 Å². The number of ketones is 2. The molecule has 1 aliphatic carbocycles. The molecule has 0 amide bonds. The average molecular weight is 320 g/mol. The van der Waals surface area contributed by atoms with E-state index in [4.69, 9.17) is 9.47 Å². The summed E-state index contributed by atoms with van der Waals surface area (Å²) in [5, 5.41) is 0. The molecule has 0 radical (unpaired) electrons. The van der Waals surface area contributed by atoms with Crippen LogP contribution in [0.2, 0.25) is 0 Å². The number of benzene rings is 2. The van der Waals surface area contributed by atoms with Crippen LogP contribution in [0.3, 0.4) is 0 Å². The van der Waals surface area contributed by atoms with Crippen LogP contribution in [0.4, 0.5) is 0 Å². The number of rotatable bonds is 2. The molecule has 0 saturated heterocycles. The van der Waals surface area contributed by atoms with Crippen LogP contribution in [0.5, 0.6) is 0 Å². The third-order valence-corrected chi connectivity index (χ3v) is 4.62. The molecular formula is C20H16O4. The second kappa shape index (κ2) is 5.73. The van der Waals surface area contributed by atoms with Crippen molar-refractivity contribution in [2.75, 3.05) is 7.11 Å². The van der Waals surface area contributed by atoms with E-state index >= 15 is 0 Å². The topological polar surface area (TPSA) is 52.6 Å². The Morgan fingerprint density at radius 3 is 2.29 bits per heavy atom. The molecule has 0 saturated carbocycles. The van der Waals surface area contributed by atoms with Gasteiger partial charge in [0.25, 0.3) is 0 Å². The van der Waals surface area contributed by atoms with Gasteiger partial charge in [0.2, 0.25) is 17.9 Å². The first-order chi connectivity index (χ1) is 11.7. The first-order valence-electron chi connectivity index (χ1n) is 7.86. The Kier molecular flexibility index (Phi) is 3.54. The zero-order chi connectivity index (χ0) is 16.7. The van der Waals surface area contributed by atoms with Gasteiger partial charge in [-0.1, -0.05) is 54.6 Å². The molecule has 0 fully saturated rings. The van der Waals surface area contributed by atoms with Gasteiger partial charge in [0.05, 0.1) is 5.92 Å². The molecule has 0 N–H and O–H groups in total. The number of ether oxygens (including phenoxy) is 2. The van der Waals surface area contributed by atoms with Crippen LogP contribution in [0.1, 0.15) is 33.8 Å². The van der Waals surface area contributed by atoms with Gasteiger partial charge in [-0.15, -0.1) is 0 Å². The molecule has 1 aliphatic heterocycles. The number of methoxy groups -OCH3 is 1. The first-order valence-corrected chi connectivity index (χ1v) is 7.86. The summed E-state index contributed by atoms with van der Waals surface area (Å²) in [6, 6.07) is 16.8. The molecule has 4 heteroatoms. The van der Waals surface area contributed by atoms with E-state index in [9.17, 15) is 9.59 Å². The third kappa shape index (κ3) is 2.19. The monoisotopic (exact) mass is 320 g/mol. The van der Waals surface area contributed by atoms with E-state index in [0.29, 0.717) is 28.9 Å². The van der Waals surface area contributed by atoms with Gasteiger partial charge in [0.1, 0.15) is 5.76 Å². The van der Waals surface area contributed by atoms with Crippen LogP contribution in [0.25, 0.3) is 5.76 Å². The Hall–Kier alpha value is -2.72. The Balaban J connectivity index is 1.83. The van der Waals surface area contributed by atoms with Crippen molar-refractivity contribution in [1.82, 2.24) is 0 Å². The molecule has 2 aliphatic rings. The Morgan fingerprint density at radius 1 is 0.917 bits per heavy atom. The number of hydrogen-bond donors (Lipinski definition) is 0. The second-order valence-electron chi connectivity index (χ2n) is 5.95. The van der Waals surface area contributed by atoms with E-state index in [1.807, 2.05) is 42.5 Å². The van der Waals surface area contributed by atoms with Gasteiger partial charge in [-0.25, -0.2) is 0 Å². The second-order valence-corrected chi connectivity index (χ2v) is 5.95. The predicted octanol–water partition coefficient (Wildman–Crippen LogP) is 3.34. The van der Waals surface area contributed by atoms with Crippen LogP contribution < -0.4 is 0 Å². The van der Waals surface area contributed by atoms with Crippen molar-refractivity contribution in [3.63, 3.8) is 0 Å². The van der Waals surface area contributed by atoms with Crippen molar-refractivity contribution in [3.05, 3.63) is 76.9 Å². The zero-order valence-electron chi connectivity index (χ0n) is 13.2. The highest BCUT2D eigenvalue weighted by atomic mass is 16.7. The summed E-state index contributed by atoms with van der Waals surface area (Å²) in [4.78, 5) is 25.0. The Bertz CT molecular complexity index is 851. The summed E-state index contributed by atoms with van der Waals surface area (Å²) in [6.07, 6.45) is -0.0725. The maximum Gasteiger partial charge on any atom is 0.234 e. The first kappa shape index (κ1) is 14.8. The van der Waals surface area contributed by atoms with Crippen LogP contribution in [0.15, 0.2) is 60.2 Å². The smallest absolute Gasteiger partial charge is 0.234 e. The minimum Gasteiger partial charge on any atom is -0.463 e. The summed E-state index contributed by atoms with van der Waals surface area (Å²) in [6.45, 7) is 0. The van der Waals surface area contributed by atoms with E-state index in [0.717, 1.165) is 5.56 Å². The summed E-state index contributed by atoms with van der Waals surface area (Å²) >= 11 is 0. The Labute approximate surface area is 139 Å². The van der Waals surface area contributed by atoms with Crippen molar-refractivity contribution < 1.29 is 19.1 Å². The molecule has 2 aromatic rings. The molecular weight excluding hydrogens is 304 g/mol. The highest BCUT2D eigenvalue weighted by Gasteiger charge is 2.41. The highest BCUT2D eigenvalue weighted by molar-refractivity contribution is 6.52. The summed E-state index contributed by atoms with van der Waals surface area (Å²) in [5.41, 5.74) is 2.54. The minimum atomic E-state index is -0.500. The lowest BCUT2D eigenvalue weighted by Crippen LogP contribution is -2.35. The van der Waals surface area contributed by atoms with Gasteiger partial charge in [0, 0.05) is 23.8 Å². The summed E-state index contributed by atoms with van der Waals surface area (Å²) in [7, 11) is 1.59. The van der Waals surface area contributed by atoms with Crippen molar-refractivity contribution in [2.45, 2.75) is 18.6 Å². The third-order valence-electron chi connectivity index (χ3n) is 4.62. The fourth-order valence-corrected chi connectivity index (χ4v) is 3.43. The number of allylic oxidation sites excluding steroid dienone is 1. The van der Waals surface area contributed by atoms with Gasteiger partial charge in [-0.05, 0) is 12.0 Å². The van der Waals surface area contributed by atoms with Gasteiger partial charge < -0.3 is 9.47 Å². The number of carbonyl (C=O) groups excluding carboxylic acids is 2. The van der Waals surface area contributed by atoms with E-state index in [1.165, 1.54) is 0 Å². The minimum absolute atomic E-state index is 0.128. The lowest BCUT2D eigenvalue weighted by molar-refractivity contribution is -0.116. The fourth-order valence-electron chi connectivity index (χ4n) is 3.43. The van der Waals surface area contributed by atoms with Gasteiger partial charge in [-0.3, -0.25) is 9.59 Å². The molecule has 120 valence electrons. The van der Waals surface area contributed by atoms with Crippen LogP contribution in [-0.2, 0) is 14.3 Å². The van der Waals surface area contributed by atoms with Crippen molar-refractivity contribution in [1.29, 1.82) is 0 Å². The Morgan fingerprint density at radius 2 is 1.58 bits per heavy atom. The number of hydrogen-bond acceptors (Lipinski definition) is 4. The number of Topliss-reactive ketones (excluding diaryl/α,β-unsaturated/α-hetero) is 2. The summed E-state index contributed by atoms with van der Waals surface area (Å²) < 4.78 is 11.6. The van der Waals surface area contributed by atoms with Crippen molar-refractivity contribution >= 4 is 17.3 Å². The molecule has 0 aromatic heterocycles. The van der Waals surface area contributed by atoms with Gasteiger partial charge in [0.15, 0.2) is 0 Å². The summed E-state index contributed by atoms with van der Waals surface area (Å²) in [5.74, 6) is -0.582. The quantitative estimate of drug-likeness (QED) is 0.796. The molecule has 2 atom stereocenters. The number of fused-ring (bicyclic) bond motifs is 2. The van der Waals surface area contributed by atoms with Crippen LogP contribution in [-0.4, -0.2) is 25.0 Å². The van der Waals surface area contributed by atoms with E-state index in [1.54, 1.807) is 19.2 Å². The van der Waals surface area contributed by atoms with Crippen molar-refractivity contribution in [3.8, 4) is 0 Å². The average Bonchev–Trinajstić information content (AvgIpc) is 2.65. The largest absolute Gasteiger partial charge is 0.463 e. The molecule has 0 unspecified atom stereocenters. The fraction of sp³-hybridized carbons (Fsp3) is 0.200. The SMILES string of the molecule is CO[C@H]1OC2=C(C[C@H]1c1ccccc1)C(=O)C(=O)c1ccccc12. The lowest BCUT2D eigenvalue weighted by atomic mass is 9.80. The van der Waals surface area contributed by atoms with Crippen LogP contribution in [0, 0.1) is 0 Å². The lowest BCUT2D eigenvalue weighted by Gasteiger charge is -2.36. The zero-order valence-corrected chi connectivity index (χ0v) is 13.2. The van der Waals surface area contributed by atoms with E-state index in [-0.39, 0.29) is 5.92 Å². The van der Waals surface area contributed by atoms with Gasteiger partial charge >= 0.3 is 0 Å². The maximum atomic E-state index is 12.6. The molecule has 0 spiro atoms.